The summed E-state index contributed by atoms with van der Waals surface area (Å²) in [6.07, 6.45) is -0.495. The van der Waals surface area contributed by atoms with Crippen LogP contribution in [-0.2, 0) is 19.1 Å². The smallest absolute Gasteiger partial charge is 0.408 e. The van der Waals surface area contributed by atoms with Crippen LogP contribution in [0.1, 0.15) is 94.7 Å². The molecule has 4 N–H and O–H groups in total. The van der Waals surface area contributed by atoms with Crippen molar-refractivity contribution in [2.75, 3.05) is 5.32 Å². The second-order valence-corrected chi connectivity index (χ2v) is 12.6. The van der Waals surface area contributed by atoms with Gasteiger partial charge in [0, 0.05) is 17.6 Å². The van der Waals surface area contributed by atoms with E-state index >= 15 is 0 Å². The lowest BCUT2D eigenvalue weighted by Crippen LogP contribution is -2.59. The third kappa shape index (κ3) is 9.06. The average molecular weight is 581 g/mol. The number of para-hydroxylation sites is 1. The lowest BCUT2D eigenvalue weighted by Gasteiger charge is -2.45. The number of benzene rings is 2. The Labute approximate surface area is 250 Å². The maximum atomic E-state index is 14.6. The van der Waals surface area contributed by atoms with Crippen LogP contribution in [0, 0.1) is 27.7 Å². The summed E-state index contributed by atoms with van der Waals surface area (Å²) in [7, 11) is 0. The first-order chi connectivity index (χ1) is 19.4. The summed E-state index contributed by atoms with van der Waals surface area (Å²) in [4.78, 5) is 55.1. The van der Waals surface area contributed by atoms with Crippen molar-refractivity contribution in [2.24, 2.45) is 5.73 Å². The monoisotopic (exact) mass is 580 g/mol. The average Bonchev–Trinajstić information content (AvgIpc) is 2.87. The molecule has 0 saturated heterocycles. The van der Waals surface area contributed by atoms with Gasteiger partial charge < -0.3 is 26.0 Å². The van der Waals surface area contributed by atoms with Crippen LogP contribution < -0.4 is 16.4 Å². The molecule has 230 valence electrons. The molecule has 0 radical (unpaired) electrons. The molecule has 0 aromatic heterocycles. The summed E-state index contributed by atoms with van der Waals surface area (Å²) < 4.78 is 5.43. The van der Waals surface area contributed by atoms with Crippen molar-refractivity contribution in [3.63, 3.8) is 0 Å². The van der Waals surface area contributed by atoms with Crippen LogP contribution in [0.25, 0.3) is 0 Å². The number of nitrogens with two attached hydrogens (primary N) is 1. The van der Waals surface area contributed by atoms with Crippen molar-refractivity contribution in [3.05, 3.63) is 64.2 Å². The Balaban J connectivity index is 2.75. The molecule has 2 rings (SSSR count). The standard InChI is InChI=1S/C33H48N4O5/c1-11-33(9,10)37(30(40)25(17-18-26(34)38)35-31(41)42-32(6,7)8)28(24-19-20(2)15-16-21(24)3)29(39)36-27-22(4)13-12-14-23(27)5/h12-16,19,25,28H,11,17-18H2,1-10H3,(H2,34,38)(H,35,41)(H,36,39). The van der Waals surface area contributed by atoms with Crippen LogP contribution in [0.15, 0.2) is 36.4 Å². The molecule has 0 heterocycles. The molecular formula is C33H48N4O5. The Kier molecular flexibility index (Phi) is 11.3. The van der Waals surface area contributed by atoms with Crippen LogP contribution in [0.5, 0.6) is 0 Å². The highest BCUT2D eigenvalue weighted by Gasteiger charge is 2.43. The zero-order valence-corrected chi connectivity index (χ0v) is 26.8. The Morgan fingerprint density at radius 2 is 1.52 bits per heavy atom. The number of anilines is 1. The number of ether oxygens (including phenoxy) is 1. The van der Waals surface area contributed by atoms with Crippen LogP contribution in [0.2, 0.25) is 0 Å². The summed E-state index contributed by atoms with van der Waals surface area (Å²) in [5.74, 6) is -1.52. The maximum Gasteiger partial charge on any atom is 0.408 e. The Morgan fingerprint density at radius 3 is 2.05 bits per heavy atom. The van der Waals surface area contributed by atoms with Gasteiger partial charge >= 0.3 is 6.09 Å². The van der Waals surface area contributed by atoms with Gasteiger partial charge in [-0.3, -0.25) is 14.4 Å². The van der Waals surface area contributed by atoms with Crippen molar-refractivity contribution in [3.8, 4) is 0 Å². The molecule has 9 nitrogen and oxygen atoms in total. The van der Waals surface area contributed by atoms with Gasteiger partial charge in [-0.2, -0.15) is 0 Å². The Bertz CT molecular complexity index is 1290. The number of nitrogens with one attached hydrogen (secondary N) is 2. The van der Waals surface area contributed by atoms with Crippen LogP contribution in [-0.4, -0.2) is 45.9 Å². The number of carbonyl (C=O) groups is 4. The molecule has 4 amide bonds. The maximum absolute atomic E-state index is 14.6. The largest absolute Gasteiger partial charge is 0.444 e. The van der Waals surface area contributed by atoms with Crippen LogP contribution >= 0.6 is 0 Å². The van der Waals surface area contributed by atoms with Crippen molar-refractivity contribution in [1.29, 1.82) is 0 Å². The number of primary amides is 1. The zero-order valence-electron chi connectivity index (χ0n) is 26.8. The molecule has 2 aromatic carbocycles. The van der Waals surface area contributed by atoms with Crippen molar-refractivity contribution >= 4 is 29.5 Å². The number of rotatable bonds is 11. The van der Waals surface area contributed by atoms with Gasteiger partial charge in [0.15, 0.2) is 0 Å². The van der Waals surface area contributed by atoms with E-state index in [0.717, 1.165) is 22.3 Å². The zero-order chi connectivity index (χ0) is 32.0. The molecule has 0 saturated carbocycles. The number of nitrogens with zero attached hydrogens (tertiary/aromatic N) is 1. The molecular weight excluding hydrogens is 532 g/mol. The first kappa shape index (κ1) is 34.3. The van der Waals surface area contributed by atoms with Gasteiger partial charge in [-0.15, -0.1) is 0 Å². The predicted octanol–water partition coefficient (Wildman–Crippen LogP) is 5.78. The second kappa shape index (κ2) is 13.9. The third-order valence-corrected chi connectivity index (χ3v) is 7.39. The van der Waals surface area contributed by atoms with E-state index in [1.807, 2.05) is 84.9 Å². The summed E-state index contributed by atoms with van der Waals surface area (Å²) in [6, 6.07) is 9.32. The highest BCUT2D eigenvalue weighted by atomic mass is 16.6. The number of aryl methyl sites for hydroxylation is 4. The lowest BCUT2D eigenvalue weighted by atomic mass is 9.89. The number of carbonyl (C=O) groups excluding carboxylic acids is 4. The quantitative estimate of drug-likeness (QED) is 0.310. The van der Waals surface area contributed by atoms with Gasteiger partial charge in [0.1, 0.15) is 17.7 Å². The molecule has 2 unspecified atom stereocenters. The second-order valence-electron chi connectivity index (χ2n) is 12.6. The fraction of sp³-hybridized carbons (Fsp3) is 0.515. The topological polar surface area (TPSA) is 131 Å². The number of hydrogen-bond donors (Lipinski definition) is 3. The molecule has 0 aliphatic rings. The Morgan fingerprint density at radius 1 is 0.929 bits per heavy atom. The van der Waals surface area contributed by atoms with E-state index in [1.54, 1.807) is 25.7 Å². The fourth-order valence-electron chi connectivity index (χ4n) is 4.76. The normalized spacial score (nSPS) is 13.1. The molecule has 0 bridgehead atoms. The summed E-state index contributed by atoms with van der Waals surface area (Å²) in [5, 5.41) is 5.75. The minimum atomic E-state index is -1.17. The molecule has 42 heavy (non-hydrogen) atoms. The van der Waals surface area contributed by atoms with E-state index in [9.17, 15) is 19.2 Å². The van der Waals surface area contributed by atoms with Gasteiger partial charge in [-0.05, 0) is 97.4 Å². The Hall–Kier alpha value is -3.88. The minimum absolute atomic E-state index is 0.0538. The van der Waals surface area contributed by atoms with E-state index in [1.165, 1.54) is 0 Å². The van der Waals surface area contributed by atoms with Crippen LogP contribution in [0.3, 0.4) is 0 Å². The van der Waals surface area contributed by atoms with Gasteiger partial charge in [-0.25, -0.2) is 4.79 Å². The van der Waals surface area contributed by atoms with E-state index < -0.39 is 41.1 Å². The van der Waals surface area contributed by atoms with Crippen molar-refractivity contribution < 1.29 is 23.9 Å². The predicted molar refractivity (Wildman–Crippen MR) is 166 cm³/mol. The summed E-state index contributed by atoms with van der Waals surface area (Å²) in [5.41, 5.74) is 8.68. The number of alkyl carbamates (subject to hydrolysis) is 1. The van der Waals surface area contributed by atoms with E-state index in [4.69, 9.17) is 10.5 Å². The van der Waals surface area contributed by atoms with Gasteiger partial charge in [0.05, 0.1) is 0 Å². The molecule has 9 heteroatoms. The molecule has 2 atom stereocenters. The van der Waals surface area contributed by atoms with Gasteiger partial charge in [0.2, 0.25) is 11.8 Å². The van der Waals surface area contributed by atoms with E-state index in [2.05, 4.69) is 10.6 Å². The fourth-order valence-corrected chi connectivity index (χ4v) is 4.76. The molecule has 0 aliphatic heterocycles. The summed E-state index contributed by atoms with van der Waals surface area (Å²) >= 11 is 0. The van der Waals surface area contributed by atoms with E-state index in [-0.39, 0.29) is 18.7 Å². The first-order valence-corrected chi connectivity index (χ1v) is 14.4. The summed E-state index contributed by atoms with van der Waals surface area (Å²) in [6.45, 7) is 18.5. The van der Waals surface area contributed by atoms with Crippen molar-refractivity contribution in [2.45, 2.75) is 112 Å². The van der Waals surface area contributed by atoms with Gasteiger partial charge in [-0.1, -0.05) is 48.9 Å². The first-order valence-electron chi connectivity index (χ1n) is 14.4. The molecule has 2 aromatic rings. The lowest BCUT2D eigenvalue weighted by molar-refractivity contribution is -0.148. The number of amides is 4. The third-order valence-electron chi connectivity index (χ3n) is 7.39. The SMILES string of the molecule is CCC(C)(C)N(C(=O)C(CCC(N)=O)NC(=O)OC(C)(C)C)C(C(=O)Nc1c(C)cccc1C)c1cc(C)ccc1C. The number of hydrogen-bond acceptors (Lipinski definition) is 5. The minimum Gasteiger partial charge on any atom is -0.444 e. The highest BCUT2D eigenvalue weighted by Crippen LogP contribution is 2.35. The van der Waals surface area contributed by atoms with Gasteiger partial charge in [0.25, 0.3) is 5.91 Å². The van der Waals surface area contributed by atoms with Crippen molar-refractivity contribution in [1.82, 2.24) is 10.2 Å². The van der Waals surface area contributed by atoms with E-state index in [0.29, 0.717) is 17.7 Å². The molecule has 0 fully saturated rings. The molecule has 0 spiro atoms. The van der Waals surface area contributed by atoms with Crippen LogP contribution in [0.4, 0.5) is 10.5 Å². The highest BCUT2D eigenvalue weighted by molar-refractivity contribution is 6.00. The molecule has 0 aliphatic carbocycles.